The molecule has 2 aromatic heterocycles. The molecule has 0 amide bonds. The van der Waals surface area contributed by atoms with Crippen molar-refractivity contribution in [2.75, 3.05) is 7.05 Å². The first-order valence-electron chi connectivity index (χ1n) is 7.53. The van der Waals surface area contributed by atoms with Crippen molar-refractivity contribution in [3.8, 4) is 11.3 Å². The van der Waals surface area contributed by atoms with Crippen LogP contribution in [0.1, 0.15) is 25.1 Å². The second-order valence-electron chi connectivity index (χ2n) is 4.90. The first-order chi connectivity index (χ1) is 11.1. The third-order valence-corrected chi connectivity index (χ3v) is 3.37. The van der Waals surface area contributed by atoms with Gasteiger partial charge >= 0.3 is 0 Å². The van der Waals surface area contributed by atoms with Crippen LogP contribution in [0.2, 0.25) is 0 Å². The van der Waals surface area contributed by atoms with E-state index >= 15 is 0 Å². The van der Waals surface area contributed by atoms with Gasteiger partial charge in [0.1, 0.15) is 17.2 Å². The Morgan fingerprint density at radius 2 is 1.78 bits per heavy atom. The maximum atomic E-state index is 14.2. The molecule has 0 unspecified atom stereocenters. The fraction of sp³-hybridized carbons (Fsp3) is 0.294. The molecule has 0 aliphatic heterocycles. The van der Waals surface area contributed by atoms with Crippen LogP contribution in [0.25, 0.3) is 22.2 Å². The molecule has 0 saturated heterocycles. The normalized spacial score (nSPS) is 10.5. The zero-order valence-electron chi connectivity index (χ0n) is 13.7. The number of hydrogen-bond donors (Lipinski definition) is 2. The van der Waals surface area contributed by atoms with Crippen LogP contribution in [0.3, 0.4) is 0 Å². The minimum Gasteiger partial charge on any atom is -0.316 e. The largest absolute Gasteiger partial charge is 0.316 e. The van der Waals surface area contributed by atoms with Crippen molar-refractivity contribution < 1.29 is 8.78 Å². The Labute approximate surface area is 133 Å². The van der Waals surface area contributed by atoms with Gasteiger partial charge in [-0.2, -0.15) is 5.10 Å². The minimum atomic E-state index is -0.617. The zero-order valence-corrected chi connectivity index (χ0v) is 13.7. The number of benzene rings is 1. The number of nitrogens with one attached hydrogen (secondary N) is 2. The van der Waals surface area contributed by atoms with Gasteiger partial charge in [0.2, 0.25) is 0 Å². The monoisotopic (exact) mass is 318 g/mol. The topological polar surface area (TPSA) is 53.6 Å². The second kappa shape index (κ2) is 7.28. The molecule has 1 aromatic carbocycles. The molecule has 0 atom stereocenters. The van der Waals surface area contributed by atoms with Crippen LogP contribution in [0.4, 0.5) is 8.78 Å². The summed E-state index contributed by atoms with van der Waals surface area (Å²) in [6, 6.07) is 4.29. The highest BCUT2D eigenvalue weighted by Crippen LogP contribution is 2.28. The number of aryl methyl sites for hydroxylation is 1. The summed E-state index contributed by atoms with van der Waals surface area (Å²) in [7, 11) is 1.72. The molecule has 0 aliphatic carbocycles. The highest BCUT2D eigenvalue weighted by atomic mass is 19.1. The third-order valence-electron chi connectivity index (χ3n) is 3.37. The number of rotatable bonds is 3. The lowest BCUT2D eigenvalue weighted by Gasteiger charge is -2.08. The Morgan fingerprint density at radius 3 is 2.39 bits per heavy atom. The lowest BCUT2D eigenvalue weighted by Crippen LogP contribution is -2.06. The van der Waals surface area contributed by atoms with Crippen LogP contribution in [0.15, 0.2) is 24.4 Å². The summed E-state index contributed by atoms with van der Waals surface area (Å²) in [5.41, 5.74) is 2.21. The molecule has 3 aromatic rings. The van der Waals surface area contributed by atoms with Gasteiger partial charge in [-0.05, 0) is 37.7 Å². The molecular formula is C17H20F2N4. The summed E-state index contributed by atoms with van der Waals surface area (Å²) in [5.74, 6) is -1.23. The summed E-state index contributed by atoms with van der Waals surface area (Å²) in [6.45, 7) is 6.25. The molecule has 122 valence electrons. The van der Waals surface area contributed by atoms with Crippen LogP contribution in [0, 0.1) is 18.6 Å². The number of nitrogens with zero attached hydrogens (tertiary/aromatic N) is 2. The van der Waals surface area contributed by atoms with E-state index in [9.17, 15) is 8.78 Å². The predicted molar refractivity (Wildman–Crippen MR) is 88.1 cm³/mol. The molecule has 0 aliphatic rings. The molecule has 0 fully saturated rings. The minimum absolute atomic E-state index is 0.114. The predicted octanol–water partition coefficient (Wildman–Crippen LogP) is 3.96. The summed E-state index contributed by atoms with van der Waals surface area (Å²) in [5, 5.41) is 10.5. The number of pyridine rings is 1. The Hall–Kier alpha value is -2.34. The molecule has 23 heavy (non-hydrogen) atoms. The molecule has 0 bridgehead atoms. The fourth-order valence-corrected chi connectivity index (χ4v) is 2.36. The Morgan fingerprint density at radius 1 is 1.13 bits per heavy atom. The molecule has 3 rings (SSSR count). The molecule has 6 heteroatoms. The van der Waals surface area contributed by atoms with E-state index in [0.29, 0.717) is 17.6 Å². The van der Waals surface area contributed by atoms with E-state index in [4.69, 9.17) is 0 Å². The SMILES string of the molecule is CC.CNCc1cc(F)c(-c2cc3c(C)[nH]nc3cn2)c(F)c1. The van der Waals surface area contributed by atoms with Crippen LogP contribution < -0.4 is 5.32 Å². The standard InChI is InChI=1S/C15H14F2N4.C2H6/c1-8-10-5-13(19-7-14(10)21-20-8)15-11(16)3-9(6-18-2)4-12(15)17;1-2/h3-5,7,18H,6H2,1-2H3,(H,20,21);1-2H3. The average Bonchev–Trinajstić information content (AvgIpc) is 2.90. The van der Waals surface area contributed by atoms with E-state index < -0.39 is 11.6 Å². The van der Waals surface area contributed by atoms with Crippen molar-refractivity contribution in [3.05, 3.63) is 47.3 Å². The van der Waals surface area contributed by atoms with Gasteiger partial charge < -0.3 is 5.32 Å². The van der Waals surface area contributed by atoms with E-state index in [1.165, 1.54) is 18.3 Å². The van der Waals surface area contributed by atoms with Crippen molar-refractivity contribution in [1.29, 1.82) is 0 Å². The van der Waals surface area contributed by atoms with E-state index in [2.05, 4.69) is 20.5 Å². The average molecular weight is 318 g/mol. The summed E-state index contributed by atoms with van der Waals surface area (Å²) in [4.78, 5) is 4.11. The van der Waals surface area contributed by atoms with Gasteiger partial charge in [0.15, 0.2) is 0 Å². The molecule has 2 heterocycles. The van der Waals surface area contributed by atoms with Gasteiger partial charge in [0.25, 0.3) is 0 Å². The van der Waals surface area contributed by atoms with Gasteiger partial charge in [-0.15, -0.1) is 0 Å². The van der Waals surface area contributed by atoms with Crippen LogP contribution in [-0.2, 0) is 6.54 Å². The van der Waals surface area contributed by atoms with E-state index in [1.807, 2.05) is 20.8 Å². The Balaban J connectivity index is 0.000000924. The first kappa shape index (κ1) is 17.0. The third kappa shape index (κ3) is 3.37. The second-order valence-corrected chi connectivity index (χ2v) is 4.90. The van der Waals surface area contributed by atoms with Crippen molar-refractivity contribution in [2.24, 2.45) is 0 Å². The highest BCUT2D eigenvalue weighted by Gasteiger charge is 2.16. The molecular weight excluding hydrogens is 298 g/mol. The van der Waals surface area contributed by atoms with E-state index in [1.54, 1.807) is 13.1 Å². The molecule has 2 N–H and O–H groups in total. The Kier molecular flexibility index (Phi) is 5.39. The van der Waals surface area contributed by atoms with Crippen LogP contribution in [-0.4, -0.2) is 22.2 Å². The van der Waals surface area contributed by atoms with Gasteiger partial charge in [-0.3, -0.25) is 10.1 Å². The van der Waals surface area contributed by atoms with Gasteiger partial charge in [0.05, 0.1) is 17.5 Å². The maximum absolute atomic E-state index is 14.2. The quantitative estimate of drug-likeness (QED) is 0.768. The van der Waals surface area contributed by atoms with Gasteiger partial charge in [-0.25, -0.2) is 8.78 Å². The highest BCUT2D eigenvalue weighted by molar-refractivity contribution is 5.84. The van der Waals surface area contributed by atoms with Gasteiger partial charge in [-0.1, -0.05) is 13.8 Å². The number of aromatic nitrogens is 3. The lowest BCUT2D eigenvalue weighted by atomic mass is 10.1. The summed E-state index contributed by atoms with van der Waals surface area (Å²) >= 11 is 0. The number of aromatic amines is 1. The van der Waals surface area contributed by atoms with E-state index in [-0.39, 0.29) is 11.3 Å². The first-order valence-corrected chi connectivity index (χ1v) is 7.53. The number of fused-ring (bicyclic) bond motifs is 1. The summed E-state index contributed by atoms with van der Waals surface area (Å²) in [6.07, 6.45) is 1.51. The number of hydrogen-bond acceptors (Lipinski definition) is 3. The lowest BCUT2D eigenvalue weighted by molar-refractivity contribution is 0.583. The number of H-pyrrole nitrogens is 1. The number of halogens is 2. The van der Waals surface area contributed by atoms with Crippen molar-refractivity contribution >= 4 is 10.9 Å². The fourth-order valence-electron chi connectivity index (χ4n) is 2.36. The molecule has 0 spiro atoms. The van der Waals surface area contributed by atoms with Gasteiger partial charge in [0, 0.05) is 17.6 Å². The van der Waals surface area contributed by atoms with E-state index in [0.717, 1.165) is 11.1 Å². The molecule has 0 saturated carbocycles. The maximum Gasteiger partial charge on any atom is 0.135 e. The molecule has 0 radical (unpaired) electrons. The van der Waals surface area contributed by atoms with Crippen LogP contribution in [0.5, 0.6) is 0 Å². The Bertz CT molecular complexity index is 788. The summed E-state index contributed by atoms with van der Waals surface area (Å²) < 4.78 is 28.4. The molecule has 4 nitrogen and oxygen atoms in total. The van der Waals surface area contributed by atoms with Crippen molar-refractivity contribution in [1.82, 2.24) is 20.5 Å². The van der Waals surface area contributed by atoms with Crippen LogP contribution >= 0.6 is 0 Å². The van der Waals surface area contributed by atoms with Crippen molar-refractivity contribution in [3.63, 3.8) is 0 Å². The smallest absolute Gasteiger partial charge is 0.135 e. The zero-order chi connectivity index (χ0) is 17.0. The van der Waals surface area contributed by atoms with Crippen molar-refractivity contribution in [2.45, 2.75) is 27.3 Å².